The molecule has 2 heteroatoms. The zero-order valence-corrected chi connectivity index (χ0v) is 5.98. The van der Waals surface area contributed by atoms with Crippen LogP contribution in [-0.2, 0) is 0 Å². The first-order valence-corrected chi connectivity index (χ1v) is 2.84. The average molecular weight is 175 g/mol. The molecule has 0 saturated heterocycles. The van der Waals surface area contributed by atoms with Crippen molar-refractivity contribution in [2.75, 3.05) is 0 Å². The fourth-order valence-electron chi connectivity index (χ4n) is 0.200. The predicted octanol–water partition coefficient (Wildman–Crippen LogP) is 2.52. The minimum atomic E-state index is 0.0184. The van der Waals surface area contributed by atoms with E-state index in [0.29, 0.717) is 4.48 Å². The fraction of sp³-hybridized carbons (Fsp3) is 0. The van der Waals surface area contributed by atoms with Crippen LogP contribution in [0.3, 0.4) is 0 Å². The highest BCUT2D eigenvalue weighted by atomic mass is 79.9. The smallest absolute Gasteiger partial charge is 0.122 e. The molecule has 0 aromatic rings. The minimum Gasteiger partial charge on any atom is -0.507 e. The Kier molecular flexibility index (Phi) is 3.28. The third kappa shape index (κ3) is 2.64. The lowest BCUT2D eigenvalue weighted by atomic mass is 10.4. The second kappa shape index (κ2) is 3.50. The standard InChI is InChI=1S/C6H7BrO/c1-3-4-6(7)5(2)8/h3-4,8H,1-2H2/b6-4+. The highest BCUT2D eigenvalue weighted by molar-refractivity contribution is 9.11. The van der Waals surface area contributed by atoms with Crippen LogP contribution in [0.5, 0.6) is 0 Å². The van der Waals surface area contributed by atoms with Crippen LogP contribution < -0.4 is 0 Å². The summed E-state index contributed by atoms with van der Waals surface area (Å²) >= 11 is 3.04. The van der Waals surface area contributed by atoms with Gasteiger partial charge >= 0.3 is 0 Å². The van der Waals surface area contributed by atoms with Crippen LogP contribution in [0, 0.1) is 0 Å². The third-order valence-corrected chi connectivity index (χ3v) is 1.26. The minimum absolute atomic E-state index is 0.0184. The van der Waals surface area contributed by atoms with Gasteiger partial charge in [0.25, 0.3) is 0 Å². The number of aliphatic hydroxyl groups excluding tert-OH is 1. The molecule has 0 saturated carbocycles. The lowest BCUT2D eigenvalue weighted by molar-refractivity contribution is 0.433. The first-order valence-electron chi connectivity index (χ1n) is 2.05. The van der Waals surface area contributed by atoms with Gasteiger partial charge in [0.2, 0.25) is 0 Å². The summed E-state index contributed by atoms with van der Waals surface area (Å²) in [6.07, 6.45) is 3.17. The van der Waals surface area contributed by atoms with E-state index in [0.717, 1.165) is 0 Å². The maximum atomic E-state index is 8.59. The number of halogens is 1. The predicted molar refractivity (Wildman–Crippen MR) is 39.0 cm³/mol. The molecule has 0 aliphatic rings. The number of rotatable bonds is 2. The first-order chi connectivity index (χ1) is 3.68. The molecule has 0 amide bonds. The summed E-state index contributed by atoms with van der Waals surface area (Å²) in [5, 5.41) is 8.59. The van der Waals surface area contributed by atoms with Crippen molar-refractivity contribution in [3.05, 3.63) is 35.6 Å². The van der Waals surface area contributed by atoms with Crippen LogP contribution in [0.1, 0.15) is 0 Å². The van der Waals surface area contributed by atoms with Gasteiger partial charge in [-0.1, -0.05) is 19.2 Å². The van der Waals surface area contributed by atoms with Crippen molar-refractivity contribution in [1.29, 1.82) is 0 Å². The van der Waals surface area contributed by atoms with Crippen LogP contribution in [0.25, 0.3) is 0 Å². The molecule has 44 valence electrons. The highest BCUT2D eigenvalue weighted by Crippen LogP contribution is 2.11. The molecule has 8 heavy (non-hydrogen) atoms. The SMILES string of the molecule is C=C/C=C(/Br)C(=C)O. The summed E-state index contributed by atoms with van der Waals surface area (Å²) in [5.74, 6) is 0.0184. The van der Waals surface area contributed by atoms with Crippen LogP contribution >= 0.6 is 15.9 Å². The van der Waals surface area contributed by atoms with E-state index in [-0.39, 0.29) is 5.76 Å². The van der Waals surface area contributed by atoms with Gasteiger partial charge in [-0.2, -0.15) is 0 Å². The zero-order chi connectivity index (χ0) is 6.57. The number of hydrogen-bond acceptors (Lipinski definition) is 1. The topological polar surface area (TPSA) is 20.2 Å². The summed E-state index contributed by atoms with van der Waals surface area (Å²) < 4.78 is 0.563. The van der Waals surface area contributed by atoms with E-state index in [1.165, 1.54) is 0 Å². The summed E-state index contributed by atoms with van der Waals surface area (Å²) in [6, 6.07) is 0. The second-order valence-electron chi connectivity index (χ2n) is 1.20. The van der Waals surface area contributed by atoms with Gasteiger partial charge < -0.3 is 5.11 Å². The van der Waals surface area contributed by atoms with Gasteiger partial charge in [0.1, 0.15) is 5.76 Å². The molecule has 0 aromatic carbocycles. The van der Waals surface area contributed by atoms with E-state index < -0.39 is 0 Å². The average Bonchev–Trinajstić information content (AvgIpc) is 1.67. The van der Waals surface area contributed by atoms with Gasteiger partial charge in [0.15, 0.2) is 0 Å². The van der Waals surface area contributed by atoms with Crippen molar-refractivity contribution in [3.63, 3.8) is 0 Å². The molecule has 0 atom stereocenters. The van der Waals surface area contributed by atoms with E-state index in [1.54, 1.807) is 12.2 Å². The van der Waals surface area contributed by atoms with Gasteiger partial charge in [0, 0.05) is 0 Å². The molecule has 0 radical (unpaired) electrons. The van der Waals surface area contributed by atoms with Gasteiger partial charge in [-0.05, 0) is 22.0 Å². The summed E-state index contributed by atoms with van der Waals surface area (Å²) in [6.45, 7) is 6.69. The molecule has 1 nitrogen and oxygen atoms in total. The maximum Gasteiger partial charge on any atom is 0.122 e. The van der Waals surface area contributed by atoms with Gasteiger partial charge in [-0.3, -0.25) is 0 Å². The molecular formula is C6H7BrO. The van der Waals surface area contributed by atoms with Crippen LogP contribution in [0.2, 0.25) is 0 Å². The fourth-order valence-corrected chi connectivity index (χ4v) is 0.387. The van der Waals surface area contributed by atoms with Crippen LogP contribution in [-0.4, -0.2) is 5.11 Å². The highest BCUT2D eigenvalue weighted by Gasteiger charge is 1.88. The molecule has 0 rings (SSSR count). The molecule has 0 aliphatic carbocycles. The summed E-state index contributed by atoms with van der Waals surface area (Å²) in [5.41, 5.74) is 0. The number of aliphatic hydroxyl groups is 1. The Balaban J connectivity index is 3.99. The van der Waals surface area contributed by atoms with E-state index in [1.807, 2.05) is 0 Å². The van der Waals surface area contributed by atoms with E-state index >= 15 is 0 Å². The van der Waals surface area contributed by atoms with E-state index in [4.69, 9.17) is 5.11 Å². The van der Waals surface area contributed by atoms with Gasteiger partial charge in [-0.25, -0.2) is 0 Å². The maximum absolute atomic E-state index is 8.59. The van der Waals surface area contributed by atoms with E-state index in [9.17, 15) is 0 Å². The molecule has 0 fully saturated rings. The molecule has 0 aromatic heterocycles. The second-order valence-corrected chi connectivity index (χ2v) is 2.05. The number of hydrogen-bond donors (Lipinski definition) is 1. The van der Waals surface area contributed by atoms with E-state index in [2.05, 4.69) is 29.1 Å². The third-order valence-electron chi connectivity index (χ3n) is 0.540. The number of allylic oxidation sites excluding steroid dienone is 3. The monoisotopic (exact) mass is 174 g/mol. The zero-order valence-electron chi connectivity index (χ0n) is 4.39. The molecule has 1 N–H and O–H groups in total. The molecule has 0 heterocycles. The molecule has 0 spiro atoms. The van der Waals surface area contributed by atoms with Gasteiger partial charge in [-0.15, -0.1) is 0 Å². The Labute approximate surface area is 57.2 Å². The van der Waals surface area contributed by atoms with Crippen molar-refractivity contribution < 1.29 is 5.11 Å². The Morgan fingerprint density at radius 1 is 1.62 bits per heavy atom. The summed E-state index contributed by atoms with van der Waals surface area (Å²) in [7, 11) is 0. The van der Waals surface area contributed by atoms with Crippen molar-refractivity contribution >= 4 is 15.9 Å². The Bertz CT molecular complexity index is 135. The molecular weight excluding hydrogens is 168 g/mol. The Morgan fingerprint density at radius 3 is 2.25 bits per heavy atom. The van der Waals surface area contributed by atoms with Gasteiger partial charge in [0.05, 0.1) is 4.48 Å². The van der Waals surface area contributed by atoms with Crippen LogP contribution in [0.15, 0.2) is 35.6 Å². The lowest BCUT2D eigenvalue weighted by Crippen LogP contribution is -1.72. The Morgan fingerprint density at radius 2 is 2.12 bits per heavy atom. The Hall–Kier alpha value is -0.500. The van der Waals surface area contributed by atoms with Crippen LogP contribution in [0.4, 0.5) is 0 Å². The van der Waals surface area contributed by atoms with Crippen molar-refractivity contribution in [2.45, 2.75) is 0 Å². The largest absolute Gasteiger partial charge is 0.507 e. The quantitative estimate of drug-likeness (QED) is 0.505. The van der Waals surface area contributed by atoms with Crippen molar-refractivity contribution in [2.24, 2.45) is 0 Å². The summed E-state index contributed by atoms with van der Waals surface area (Å²) in [4.78, 5) is 0. The molecule has 0 aliphatic heterocycles. The lowest BCUT2D eigenvalue weighted by Gasteiger charge is -1.89. The van der Waals surface area contributed by atoms with Crippen molar-refractivity contribution in [3.8, 4) is 0 Å². The molecule has 0 bridgehead atoms. The van der Waals surface area contributed by atoms with Crippen molar-refractivity contribution in [1.82, 2.24) is 0 Å². The molecule has 0 unspecified atom stereocenters. The normalized spacial score (nSPS) is 10.9. The first kappa shape index (κ1) is 7.50.